The van der Waals surface area contributed by atoms with Crippen LogP contribution in [0, 0.1) is 12.7 Å². The van der Waals surface area contributed by atoms with E-state index in [0.717, 1.165) is 5.56 Å². The zero-order valence-electron chi connectivity index (χ0n) is 18.3. The molecule has 1 aliphatic rings. The number of carbonyl (C=O) groups is 2. The maximum Gasteiger partial charge on any atom is 0.300 e. The molecule has 0 radical (unpaired) electrons. The Morgan fingerprint density at radius 2 is 1.67 bits per heavy atom. The summed E-state index contributed by atoms with van der Waals surface area (Å²) in [4.78, 5) is 27.7. The van der Waals surface area contributed by atoms with Crippen molar-refractivity contribution in [3.63, 3.8) is 0 Å². The molecule has 0 aliphatic carbocycles. The molecule has 1 heterocycles. The summed E-state index contributed by atoms with van der Waals surface area (Å²) in [5, 5.41) is 11.3. The summed E-state index contributed by atoms with van der Waals surface area (Å²) in [5.74, 6) is -1.71. The molecule has 1 saturated heterocycles. The average Bonchev–Trinajstić information content (AvgIpc) is 3.09. The lowest BCUT2D eigenvalue weighted by molar-refractivity contribution is -0.132. The molecule has 1 fully saturated rings. The lowest BCUT2D eigenvalue weighted by Gasteiger charge is -2.26. The Morgan fingerprint density at radius 3 is 2.30 bits per heavy atom. The maximum absolute atomic E-state index is 13.6. The molecule has 3 aromatic carbocycles. The highest BCUT2D eigenvalue weighted by Crippen LogP contribution is 2.44. The summed E-state index contributed by atoms with van der Waals surface area (Å²) in [5.41, 5.74) is 1.99. The number of anilines is 1. The fraction of sp³-hybridized carbons (Fsp3) is 0.154. The van der Waals surface area contributed by atoms with Crippen molar-refractivity contribution in [3.05, 3.63) is 94.8 Å². The SMILES string of the molecule is COc1ccc(/C(O)=C2\C(=O)C(=O)N(c3ccc(F)cc3)C2c2ccccc2C)c(OC)c1. The number of nitrogens with zero attached hydrogens (tertiary/aromatic N) is 1. The number of ketones is 1. The van der Waals surface area contributed by atoms with E-state index in [1.807, 2.05) is 19.1 Å². The van der Waals surface area contributed by atoms with Crippen LogP contribution in [-0.2, 0) is 9.59 Å². The number of carbonyl (C=O) groups excluding carboxylic acids is 2. The van der Waals surface area contributed by atoms with E-state index in [4.69, 9.17) is 9.47 Å². The third-order valence-electron chi connectivity index (χ3n) is 5.70. The Balaban J connectivity index is 1.98. The van der Waals surface area contributed by atoms with Crippen molar-refractivity contribution in [2.75, 3.05) is 19.1 Å². The summed E-state index contributed by atoms with van der Waals surface area (Å²) < 4.78 is 24.2. The van der Waals surface area contributed by atoms with E-state index in [-0.39, 0.29) is 22.6 Å². The molecule has 33 heavy (non-hydrogen) atoms. The topological polar surface area (TPSA) is 76.1 Å². The number of aliphatic hydroxyl groups excluding tert-OH is 1. The molecule has 0 saturated carbocycles. The second-order valence-corrected chi connectivity index (χ2v) is 7.57. The van der Waals surface area contributed by atoms with Crippen LogP contribution in [0.3, 0.4) is 0 Å². The van der Waals surface area contributed by atoms with Crippen molar-refractivity contribution in [2.24, 2.45) is 0 Å². The van der Waals surface area contributed by atoms with Crippen LogP contribution in [0.15, 0.2) is 72.3 Å². The van der Waals surface area contributed by atoms with Gasteiger partial charge in [0.1, 0.15) is 23.1 Å². The van der Waals surface area contributed by atoms with Crippen LogP contribution in [0.5, 0.6) is 11.5 Å². The highest BCUT2D eigenvalue weighted by Gasteiger charge is 2.47. The van der Waals surface area contributed by atoms with Crippen LogP contribution < -0.4 is 14.4 Å². The predicted molar refractivity (Wildman–Crippen MR) is 122 cm³/mol. The summed E-state index contributed by atoms with van der Waals surface area (Å²) >= 11 is 0. The van der Waals surface area contributed by atoms with Gasteiger partial charge in [-0.2, -0.15) is 0 Å². The third kappa shape index (κ3) is 3.82. The van der Waals surface area contributed by atoms with E-state index in [0.29, 0.717) is 17.0 Å². The highest BCUT2D eigenvalue weighted by atomic mass is 19.1. The number of methoxy groups -OCH3 is 2. The molecule has 3 aromatic rings. The molecule has 0 bridgehead atoms. The molecule has 7 heteroatoms. The van der Waals surface area contributed by atoms with E-state index in [2.05, 4.69) is 0 Å². The van der Waals surface area contributed by atoms with Gasteiger partial charge in [0, 0.05) is 11.8 Å². The van der Waals surface area contributed by atoms with Gasteiger partial charge in [-0.25, -0.2) is 4.39 Å². The summed E-state index contributed by atoms with van der Waals surface area (Å²) in [7, 11) is 2.93. The molecule has 1 aliphatic heterocycles. The summed E-state index contributed by atoms with van der Waals surface area (Å²) in [6, 6.07) is 16.4. The van der Waals surface area contributed by atoms with Crippen LogP contribution in [0.2, 0.25) is 0 Å². The van der Waals surface area contributed by atoms with Crippen LogP contribution in [-0.4, -0.2) is 31.0 Å². The van der Waals surface area contributed by atoms with E-state index in [1.54, 1.807) is 30.3 Å². The lowest BCUT2D eigenvalue weighted by atomic mass is 9.92. The van der Waals surface area contributed by atoms with Crippen molar-refractivity contribution in [2.45, 2.75) is 13.0 Å². The first-order valence-electron chi connectivity index (χ1n) is 10.2. The Labute approximate surface area is 190 Å². The lowest BCUT2D eigenvalue weighted by Crippen LogP contribution is -2.29. The first-order valence-corrected chi connectivity index (χ1v) is 10.2. The third-order valence-corrected chi connectivity index (χ3v) is 5.70. The van der Waals surface area contributed by atoms with Crippen LogP contribution in [0.1, 0.15) is 22.7 Å². The Bertz CT molecular complexity index is 1270. The van der Waals surface area contributed by atoms with Crippen molar-refractivity contribution in [3.8, 4) is 11.5 Å². The number of aryl methyl sites for hydroxylation is 1. The number of amides is 1. The number of benzene rings is 3. The molecule has 168 valence electrons. The molecule has 6 nitrogen and oxygen atoms in total. The zero-order chi connectivity index (χ0) is 23.7. The Morgan fingerprint density at radius 1 is 0.970 bits per heavy atom. The van der Waals surface area contributed by atoms with Crippen LogP contribution in [0.4, 0.5) is 10.1 Å². The number of halogens is 1. The molecule has 1 amide bonds. The minimum Gasteiger partial charge on any atom is -0.507 e. The highest BCUT2D eigenvalue weighted by molar-refractivity contribution is 6.51. The smallest absolute Gasteiger partial charge is 0.300 e. The van der Waals surface area contributed by atoms with Gasteiger partial charge in [-0.1, -0.05) is 24.3 Å². The molecule has 0 aromatic heterocycles. The van der Waals surface area contributed by atoms with Gasteiger partial charge in [0.2, 0.25) is 0 Å². The molecular formula is C26H22FNO5. The largest absolute Gasteiger partial charge is 0.507 e. The van der Waals surface area contributed by atoms with Gasteiger partial charge in [-0.05, 0) is 54.4 Å². The van der Waals surface area contributed by atoms with Crippen LogP contribution in [0.25, 0.3) is 5.76 Å². The van der Waals surface area contributed by atoms with E-state index in [9.17, 15) is 19.1 Å². The van der Waals surface area contributed by atoms with Gasteiger partial charge >= 0.3 is 0 Å². The normalized spacial score (nSPS) is 17.3. The quantitative estimate of drug-likeness (QED) is 0.346. The molecule has 1 unspecified atom stereocenters. The molecular weight excluding hydrogens is 425 g/mol. The Hall–Kier alpha value is -4.13. The average molecular weight is 447 g/mol. The van der Waals surface area contributed by atoms with Gasteiger partial charge in [-0.3, -0.25) is 14.5 Å². The van der Waals surface area contributed by atoms with E-state index in [1.165, 1.54) is 43.4 Å². The number of Topliss-reactive ketones (excluding diaryl/α,β-unsaturated/α-hetero) is 1. The molecule has 1 atom stereocenters. The van der Waals surface area contributed by atoms with E-state index >= 15 is 0 Å². The fourth-order valence-corrected chi connectivity index (χ4v) is 4.03. The van der Waals surface area contributed by atoms with Gasteiger partial charge < -0.3 is 14.6 Å². The minimum atomic E-state index is -0.913. The number of ether oxygens (including phenoxy) is 2. The van der Waals surface area contributed by atoms with Crippen molar-refractivity contribution >= 4 is 23.1 Å². The number of hydrogen-bond donors (Lipinski definition) is 1. The molecule has 0 spiro atoms. The Kier molecular flexibility index (Phi) is 5.87. The summed E-state index contributed by atoms with van der Waals surface area (Å²) in [6.07, 6.45) is 0. The van der Waals surface area contributed by atoms with Crippen molar-refractivity contribution < 1.29 is 28.6 Å². The first-order chi connectivity index (χ1) is 15.9. The predicted octanol–water partition coefficient (Wildman–Crippen LogP) is 4.78. The minimum absolute atomic E-state index is 0.0814. The van der Waals surface area contributed by atoms with Crippen molar-refractivity contribution in [1.82, 2.24) is 0 Å². The van der Waals surface area contributed by atoms with Crippen LogP contribution >= 0.6 is 0 Å². The van der Waals surface area contributed by atoms with Gasteiger partial charge in [0.05, 0.1) is 31.4 Å². The number of hydrogen-bond acceptors (Lipinski definition) is 5. The van der Waals surface area contributed by atoms with Gasteiger partial charge in [0.25, 0.3) is 11.7 Å². The number of rotatable bonds is 5. The van der Waals surface area contributed by atoms with E-state index < -0.39 is 23.5 Å². The maximum atomic E-state index is 13.6. The number of aliphatic hydroxyl groups is 1. The first kappa shape index (κ1) is 22.1. The second-order valence-electron chi connectivity index (χ2n) is 7.57. The van der Waals surface area contributed by atoms with Gasteiger partial charge in [-0.15, -0.1) is 0 Å². The standard InChI is InChI=1S/C26H22FNO5/c1-15-6-4-5-7-19(15)23-22(24(29)20-13-12-18(32-2)14-21(20)33-3)25(30)26(31)28(23)17-10-8-16(27)9-11-17/h4-14,23,29H,1-3H3/b24-22+. The summed E-state index contributed by atoms with van der Waals surface area (Å²) in [6.45, 7) is 1.86. The van der Waals surface area contributed by atoms with Crippen molar-refractivity contribution in [1.29, 1.82) is 0 Å². The molecule has 4 rings (SSSR count). The monoisotopic (exact) mass is 447 g/mol. The van der Waals surface area contributed by atoms with Gasteiger partial charge in [0.15, 0.2) is 0 Å². The fourth-order valence-electron chi connectivity index (χ4n) is 4.03. The molecule has 1 N–H and O–H groups in total. The zero-order valence-corrected chi connectivity index (χ0v) is 18.3. The second kappa shape index (κ2) is 8.78.